The number of hydrogen-bond donors (Lipinski definition) is 0. The molecule has 17 nitrogen and oxygen atoms in total. The Balaban J connectivity index is 1.19. The van der Waals surface area contributed by atoms with Gasteiger partial charge in [-0.3, -0.25) is 28.4 Å². The molecule has 2 radical (unpaired) electrons. The summed E-state index contributed by atoms with van der Waals surface area (Å²) in [5.74, 6) is -2.18. The third-order valence-corrected chi connectivity index (χ3v) is 16.0. The molecule has 3 fully saturated rings. The van der Waals surface area contributed by atoms with Crippen molar-refractivity contribution < 1.29 is 61.3 Å². The summed E-state index contributed by atoms with van der Waals surface area (Å²) in [5.41, 5.74) is 1.09. The number of hydrogen-bond acceptors (Lipinski definition) is 16. The summed E-state index contributed by atoms with van der Waals surface area (Å²) in [6.45, 7) is 5.48. The van der Waals surface area contributed by atoms with Crippen molar-refractivity contribution in [2.75, 3.05) is 59.4 Å². The van der Waals surface area contributed by atoms with Crippen molar-refractivity contribution in [1.29, 1.82) is 0 Å². The maximum Gasteiger partial charge on any atom is 0.417 e. The molecule has 3 aliphatic heterocycles. The first kappa shape index (κ1) is 52.7. The van der Waals surface area contributed by atoms with Gasteiger partial charge in [-0.25, -0.2) is 9.69 Å². The SMILES string of the molecule is [B]OC(=O)C1(SCCN(C(=O)OC(C)(C)C)C(=O)/C(=N\N2CCOCC2)c2ccc(OCc3ccc(OC)cc3)c(OCc3ccc(OC)cc3)c2Cl)CN2C(=O)[C@@H](CC(=O)Cc3ccccc3)[C@H]2S1=O. The van der Waals surface area contributed by atoms with E-state index in [-0.39, 0.29) is 71.9 Å². The molecule has 0 bridgehead atoms. The van der Waals surface area contributed by atoms with Gasteiger partial charge in [-0.05, 0) is 73.9 Å². The van der Waals surface area contributed by atoms with Crippen molar-refractivity contribution in [3.63, 3.8) is 0 Å². The number of ketones is 1. The van der Waals surface area contributed by atoms with Crippen LogP contribution in [0.15, 0.2) is 96.1 Å². The van der Waals surface area contributed by atoms with E-state index in [1.807, 2.05) is 30.3 Å². The highest BCUT2D eigenvalue weighted by molar-refractivity contribution is 8.14. The fraction of sp³-hybridized carbons (Fsp3) is 0.400. The monoisotopic (exact) mass is 1030 g/mol. The second-order valence-electron chi connectivity index (χ2n) is 17.7. The quantitative estimate of drug-likeness (QED) is 0.0559. The molecule has 3 amide bonds. The van der Waals surface area contributed by atoms with Crippen LogP contribution in [0, 0.1) is 5.92 Å². The molecule has 374 valence electrons. The standard InChI is InChI=1S/C50H54BClN4O13S2/c1-49(2,3)68-48(61)55(23-26-70-50(47(60)69-51)31-56-44(58)39(46(56)71(50)62)28-35(57)27-32-9-7-6-8-10-32)45(59)42(53-54-21-24-65-25-22-54)38-19-20-40(66-29-33-11-15-36(63-4)16-12-33)43(41(38)52)67-30-34-13-17-37(64-5)18-14-34/h6-20,39,46H,21-31H2,1-5H3/b53-42-/t39-,46-,50?,71?/m1/s1. The van der Waals surface area contributed by atoms with Gasteiger partial charge in [-0.15, -0.1) is 11.8 Å². The summed E-state index contributed by atoms with van der Waals surface area (Å²) >= 11 is 8.10. The van der Waals surface area contributed by atoms with E-state index in [1.165, 1.54) is 4.90 Å². The fourth-order valence-corrected chi connectivity index (χ4v) is 12.1. The molecule has 3 aliphatic rings. The van der Waals surface area contributed by atoms with Gasteiger partial charge in [0.2, 0.25) is 9.99 Å². The number of carbonyl (C=O) groups excluding carboxylic acids is 5. The van der Waals surface area contributed by atoms with Crippen molar-refractivity contribution >= 4 is 77.6 Å². The van der Waals surface area contributed by atoms with E-state index in [0.717, 1.165) is 33.4 Å². The molecule has 0 aliphatic carbocycles. The molecule has 7 rings (SSSR count). The average Bonchev–Trinajstić information content (AvgIpc) is 3.63. The van der Waals surface area contributed by atoms with Crippen molar-refractivity contribution in [3.8, 4) is 23.0 Å². The number of morpholine rings is 1. The number of rotatable bonds is 20. The number of halogens is 1. The number of ether oxygens (including phenoxy) is 6. The number of β-lactam (4-membered cyclic amide) rings is 1. The molecular weight excluding hydrogens is 975 g/mol. The Bertz CT molecular complexity index is 2630. The van der Waals surface area contributed by atoms with Crippen LogP contribution in [0.2, 0.25) is 5.02 Å². The second-order valence-corrected chi connectivity index (χ2v) is 21.5. The van der Waals surface area contributed by atoms with Crippen molar-refractivity contribution in [3.05, 3.63) is 118 Å². The molecule has 4 aromatic rings. The highest BCUT2D eigenvalue weighted by Gasteiger charge is 2.67. The molecule has 4 atom stereocenters. The van der Waals surface area contributed by atoms with Crippen molar-refractivity contribution in [1.82, 2.24) is 14.8 Å². The number of nitrogens with zero attached hydrogens (tertiary/aromatic N) is 4. The predicted molar refractivity (Wildman–Crippen MR) is 267 cm³/mol. The molecule has 0 saturated carbocycles. The van der Waals surface area contributed by atoms with Gasteiger partial charge < -0.3 is 38.0 Å². The smallest absolute Gasteiger partial charge is 0.417 e. The summed E-state index contributed by atoms with van der Waals surface area (Å²) < 4.78 is 51.8. The Morgan fingerprint density at radius 2 is 1.51 bits per heavy atom. The lowest BCUT2D eigenvalue weighted by atomic mass is 9.90. The van der Waals surface area contributed by atoms with Gasteiger partial charge in [0.05, 0.1) is 68.8 Å². The van der Waals surface area contributed by atoms with Crippen LogP contribution in [0.1, 0.15) is 49.4 Å². The number of benzene rings is 4. The first-order chi connectivity index (χ1) is 34.0. The van der Waals surface area contributed by atoms with Crippen LogP contribution in [-0.2, 0) is 63.7 Å². The lowest BCUT2D eigenvalue weighted by molar-refractivity contribution is -0.152. The predicted octanol–water partition coefficient (Wildman–Crippen LogP) is 6.12. The Kier molecular flexibility index (Phi) is 17.4. The minimum Gasteiger partial charge on any atom is -0.542 e. The molecule has 0 aromatic heterocycles. The van der Waals surface area contributed by atoms with E-state index >= 15 is 4.79 Å². The van der Waals surface area contributed by atoms with Crippen LogP contribution >= 0.6 is 23.4 Å². The molecule has 3 saturated heterocycles. The third kappa shape index (κ3) is 12.5. The van der Waals surface area contributed by atoms with Crippen LogP contribution < -0.4 is 18.9 Å². The number of hydrazone groups is 1. The fourth-order valence-electron chi connectivity index (χ4n) is 8.00. The Labute approximate surface area is 425 Å². The first-order valence-electron chi connectivity index (χ1n) is 22.7. The molecule has 2 unspecified atom stereocenters. The molecule has 4 aromatic carbocycles. The minimum absolute atomic E-state index is 0.0280. The van der Waals surface area contributed by atoms with Crippen molar-refractivity contribution in [2.24, 2.45) is 11.0 Å². The summed E-state index contributed by atoms with van der Waals surface area (Å²) in [7, 11) is 6.43. The number of fused-ring (bicyclic) bond motifs is 1. The minimum atomic E-state index is -2.14. The molecule has 71 heavy (non-hydrogen) atoms. The third-order valence-electron chi connectivity index (χ3n) is 11.6. The van der Waals surface area contributed by atoms with E-state index in [0.29, 0.717) is 37.8 Å². The maximum absolute atomic E-state index is 15.2. The van der Waals surface area contributed by atoms with Gasteiger partial charge in [-0.1, -0.05) is 66.2 Å². The number of carbonyl (C=O) groups is 5. The summed E-state index contributed by atoms with van der Waals surface area (Å²) in [4.78, 5) is 71.7. The first-order valence-corrected chi connectivity index (χ1v) is 25.3. The highest BCUT2D eigenvalue weighted by atomic mass is 35.5. The lowest BCUT2D eigenvalue weighted by Crippen LogP contribution is -2.59. The zero-order valence-electron chi connectivity index (χ0n) is 40.0. The number of Topliss-reactive ketones (excluding diaryl/α,β-unsaturated/α-hetero) is 1. The van der Waals surface area contributed by atoms with E-state index in [2.05, 4.69) is 0 Å². The lowest BCUT2D eigenvalue weighted by Gasteiger charge is -2.40. The van der Waals surface area contributed by atoms with Crippen LogP contribution in [0.4, 0.5) is 4.79 Å². The highest BCUT2D eigenvalue weighted by Crippen LogP contribution is 2.49. The second kappa shape index (κ2) is 23.4. The summed E-state index contributed by atoms with van der Waals surface area (Å²) in [6, 6.07) is 26.7. The van der Waals surface area contributed by atoms with Crippen LogP contribution in [0.25, 0.3) is 0 Å². The molecule has 0 spiro atoms. The normalized spacial score (nSPS) is 19.8. The average molecular weight is 1030 g/mol. The number of amides is 3. The maximum atomic E-state index is 15.2. The number of methoxy groups -OCH3 is 2. The van der Waals surface area contributed by atoms with Crippen LogP contribution in [0.3, 0.4) is 0 Å². The van der Waals surface area contributed by atoms with Gasteiger partial charge in [0.1, 0.15) is 41.5 Å². The van der Waals surface area contributed by atoms with Crippen LogP contribution in [0.5, 0.6) is 23.0 Å². The molecule has 3 heterocycles. The molecular formula is C50H54BClN4O13S2. The van der Waals surface area contributed by atoms with Gasteiger partial charge in [-0.2, -0.15) is 5.10 Å². The molecule has 21 heteroatoms. The number of thioether (sulfide) groups is 1. The van der Waals surface area contributed by atoms with Crippen LogP contribution in [-0.4, -0.2) is 137 Å². The topological polar surface area (TPSA) is 189 Å². The number of imide groups is 1. The van der Waals surface area contributed by atoms with E-state index in [4.69, 9.17) is 57.8 Å². The Morgan fingerprint density at radius 1 is 0.887 bits per heavy atom. The Morgan fingerprint density at radius 3 is 2.10 bits per heavy atom. The summed E-state index contributed by atoms with van der Waals surface area (Å²) in [6.07, 6.45) is -1.16. The zero-order chi connectivity index (χ0) is 50.9. The van der Waals surface area contributed by atoms with Gasteiger partial charge in [0.15, 0.2) is 17.2 Å². The Hall–Kier alpha value is -6.09. The van der Waals surface area contributed by atoms with Crippen molar-refractivity contribution in [2.45, 2.75) is 61.9 Å². The largest absolute Gasteiger partial charge is 0.542 e. The van der Waals surface area contributed by atoms with Gasteiger partial charge in [0.25, 0.3) is 5.91 Å². The van der Waals surface area contributed by atoms with E-state index in [9.17, 15) is 23.4 Å². The zero-order valence-corrected chi connectivity index (χ0v) is 42.3. The van der Waals surface area contributed by atoms with E-state index < -0.39 is 62.2 Å². The summed E-state index contributed by atoms with van der Waals surface area (Å²) in [5, 5.41) is 5.37. The van der Waals surface area contributed by atoms with Gasteiger partial charge >= 0.3 is 20.1 Å². The van der Waals surface area contributed by atoms with E-state index in [1.54, 1.807) is 101 Å². The van der Waals surface area contributed by atoms with Gasteiger partial charge in [0, 0.05) is 30.7 Å². The molecule has 0 N–H and O–H groups in total.